The molecule has 5 heteroatoms. The smallest absolute Gasteiger partial charge is 0.253 e. The van der Waals surface area contributed by atoms with E-state index in [0.29, 0.717) is 24.1 Å². The van der Waals surface area contributed by atoms with Gasteiger partial charge >= 0.3 is 0 Å². The average Bonchev–Trinajstić information content (AvgIpc) is 3.34. The maximum Gasteiger partial charge on any atom is 0.253 e. The Kier molecular flexibility index (Phi) is 5.60. The Labute approximate surface area is 182 Å². The molecular weight excluding hydrogens is 391 g/mol. The van der Waals surface area contributed by atoms with Crippen molar-refractivity contribution in [1.29, 1.82) is 0 Å². The van der Waals surface area contributed by atoms with Crippen molar-refractivity contribution in [3.63, 3.8) is 0 Å². The van der Waals surface area contributed by atoms with Crippen LogP contribution in [0.3, 0.4) is 0 Å². The van der Waals surface area contributed by atoms with Gasteiger partial charge in [-0.05, 0) is 67.6 Å². The summed E-state index contributed by atoms with van der Waals surface area (Å²) in [5.74, 6) is 0.938. The molecule has 0 radical (unpaired) electrons. The molecule has 160 valence electrons. The van der Waals surface area contributed by atoms with Crippen molar-refractivity contribution in [1.82, 2.24) is 9.80 Å². The van der Waals surface area contributed by atoms with Crippen LogP contribution in [-0.4, -0.2) is 41.4 Å². The van der Waals surface area contributed by atoms with Gasteiger partial charge in [-0.1, -0.05) is 30.3 Å². The maximum atomic E-state index is 13.6. The number of piperidine rings is 2. The fourth-order valence-electron chi connectivity index (χ4n) is 5.24. The van der Waals surface area contributed by atoms with Gasteiger partial charge in [-0.2, -0.15) is 0 Å². The van der Waals surface area contributed by atoms with Crippen LogP contribution in [-0.2, 0) is 6.54 Å². The molecule has 0 spiro atoms. The Morgan fingerprint density at radius 1 is 1.03 bits per heavy atom. The predicted octanol–water partition coefficient (Wildman–Crippen LogP) is 5.21. The van der Waals surface area contributed by atoms with Crippen LogP contribution in [0.5, 0.6) is 0 Å². The lowest BCUT2D eigenvalue weighted by molar-refractivity contribution is 0.0175. The minimum absolute atomic E-state index is 0.0572. The molecule has 2 aliphatic rings. The summed E-state index contributed by atoms with van der Waals surface area (Å²) in [6, 6.07) is 18.9. The molecule has 4 nitrogen and oxygen atoms in total. The van der Waals surface area contributed by atoms with Crippen LogP contribution >= 0.6 is 0 Å². The molecule has 2 saturated heterocycles. The van der Waals surface area contributed by atoms with Crippen molar-refractivity contribution in [3.8, 4) is 11.3 Å². The van der Waals surface area contributed by atoms with E-state index in [1.165, 1.54) is 17.7 Å². The zero-order chi connectivity index (χ0) is 21.2. The number of carbonyl (C=O) groups is 1. The largest absolute Gasteiger partial charge is 0.464 e. The van der Waals surface area contributed by atoms with E-state index in [9.17, 15) is 9.18 Å². The number of furan rings is 1. The molecule has 0 unspecified atom stereocenters. The minimum Gasteiger partial charge on any atom is -0.464 e. The molecule has 0 aliphatic carbocycles. The molecule has 1 aromatic heterocycles. The van der Waals surface area contributed by atoms with Gasteiger partial charge in [0, 0.05) is 36.8 Å². The van der Waals surface area contributed by atoms with Crippen LogP contribution in [0.2, 0.25) is 0 Å². The fourth-order valence-corrected chi connectivity index (χ4v) is 5.24. The molecule has 0 saturated carbocycles. The Morgan fingerprint density at radius 3 is 2.77 bits per heavy atom. The summed E-state index contributed by atoms with van der Waals surface area (Å²) >= 11 is 0. The van der Waals surface area contributed by atoms with Crippen molar-refractivity contribution in [2.75, 3.05) is 19.6 Å². The molecule has 31 heavy (non-hydrogen) atoms. The zero-order valence-electron chi connectivity index (χ0n) is 17.5. The number of rotatable bonds is 4. The van der Waals surface area contributed by atoms with E-state index in [4.69, 9.17) is 4.42 Å². The van der Waals surface area contributed by atoms with Gasteiger partial charge in [0.2, 0.25) is 0 Å². The molecule has 2 aliphatic heterocycles. The van der Waals surface area contributed by atoms with Gasteiger partial charge in [-0.25, -0.2) is 4.39 Å². The normalized spacial score (nSPS) is 21.6. The molecular formula is C26H27FN2O2. The topological polar surface area (TPSA) is 36.7 Å². The van der Waals surface area contributed by atoms with E-state index < -0.39 is 0 Å². The van der Waals surface area contributed by atoms with Gasteiger partial charge in [0.15, 0.2) is 0 Å². The van der Waals surface area contributed by atoms with Crippen LogP contribution < -0.4 is 0 Å². The summed E-state index contributed by atoms with van der Waals surface area (Å²) in [5.41, 5.74) is 2.86. The third-order valence-electron chi connectivity index (χ3n) is 6.72. The number of hydrogen-bond donors (Lipinski definition) is 0. The van der Waals surface area contributed by atoms with Crippen LogP contribution in [0.25, 0.3) is 11.3 Å². The van der Waals surface area contributed by atoms with Gasteiger partial charge in [0.1, 0.15) is 11.6 Å². The van der Waals surface area contributed by atoms with E-state index in [1.54, 1.807) is 18.4 Å². The van der Waals surface area contributed by atoms with E-state index in [0.717, 1.165) is 50.2 Å². The van der Waals surface area contributed by atoms with E-state index >= 15 is 0 Å². The first-order chi connectivity index (χ1) is 15.2. The van der Waals surface area contributed by atoms with Crippen LogP contribution in [0.1, 0.15) is 35.2 Å². The first kappa shape index (κ1) is 20.0. The highest BCUT2D eigenvalue weighted by molar-refractivity contribution is 5.94. The summed E-state index contributed by atoms with van der Waals surface area (Å²) < 4.78 is 19.2. The summed E-state index contributed by atoms with van der Waals surface area (Å²) in [6.07, 6.45) is 4.93. The molecule has 2 aromatic carbocycles. The Morgan fingerprint density at radius 2 is 1.94 bits per heavy atom. The molecule has 1 amide bonds. The second-order valence-corrected chi connectivity index (χ2v) is 8.62. The van der Waals surface area contributed by atoms with Gasteiger partial charge in [-0.3, -0.25) is 9.69 Å². The lowest BCUT2D eigenvalue weighted by Gasteiger charge is -2.47. The molecule has 2 fully saturated rings. The number of fused-ring (bicyclic) bond motifs is 1. The number of likely N-dealkylation sites (tertiary alicyclic amines) is 2. The maximum absolute atomic E-state index is 13.6. The Hall–Kier alpha value is -2.92. The number of carbonyl (C=O) groups excluding carboxylic acids is 1. The number of nitrogens with zero attached hydrogens (tertiary/aromatic N) is 2. The highest BCUT2D eigenvalue weighted by atomic mass is 19.1. The molecule has 3 heterocycles. The highest BCUT2D eigenvalue weighted by Crippen LogP contribution is 2.34. The Bertz CT molecular complexity index is 1050. The van der Waals surface area contributed by atoms with Crippen LogP contribution in [0.15, 0.2) is 71.3 Å². The average molecular weight is 419 g/mol. The molecule has 3 aromatic rings. The van der Waals surface area contributed by atoms with Crippen molar-refractivity contribution in [2.45, 2.75) is 31.8 Å². The minimum atomic E-state index is -0.361. The van der Waals surface area contributed by atoms with Crippen molar-refractivity contribution in [3.05, 3.63) is 83.9 Å². The van der Waals surface area contributed by atoms with Crippen LogP contribution in [0, 0.1) is 11.7 Å². The lowest BCUT2D eigenvalue weighted by Crippen LogP contribution is -2.54. The summed E-state index contributed by atoms with van der Waals surface area (Å²) in [4.78, 5) is 17.4. The number of amides is 1. The second kappa shape index (κ2) is 8.67. The third kappa shape index (κ3) is 4.15. The highest BCUT2D eigenvalue weighted by Gasteiger charge is 2.37. The van der Waals surface area contributed by atoms with Gasteiger partial charge in [0.05, 0.1) is 6.26 Å². The summed E-state index contributed by atoms with van der Waals surface area (Å²) in [5, 5.41) is 0. The summed E-state index contributed by atoms with van der Waals surface area (Å²) in [6.45, 7) is 3.42. The van der Waals surface area contributed by atoms with E-state index in [1.807, 2.05) is 17.0 Å². The second-order valence-electron chi connectivity index (χ2n) is 8.62. The van der Waals surface area contributed by atoms with Crippen LogP contribution in [0.4, 0.5) is 4.39 Å². The SMILES string of the molecule is O=C(c1cccc(F)c1)N1CC[C@H]2[C@H](CCCN2Cc2ccccc2-c2ccco2)C1. The monoisotopic (exact) mass is 418 g/mol. The number of benzene rings is 2. The first-order valence-corrected chi connectivity index (χ1v) is 11.1. The zero-order valence-corrected chi connectivity index (χ0v) is 17.5. The molecule has 2 atom stereocenters. The van der Waals surface area contributed by atoms with Crippen molar-refractivity contribution < 1.29 is 13.6 Å². The molecule has 5 rings (SSSR count). The van der Waals surface area contributed by atoms with Gasteiger partial charge < -0.3 is 9.32 Å². The predicted molar refractivity (Wildman–Crippen MR) is 118 cm³/mol. The molecule has 0 bridgehead atoms. The lowest BCUT2D eigenvalue weighted by atomic mass is 9.83. The number of halogens is 1. The van der Waals surface area contributed by atoms with E-state index in [2.05, 4.69) is 29.2 Å². The molecule has 0 N–H and O–H groups in total. The quantitative estimate of drug-likeness (QED) is 0.583. The Balaban J connectivity index is 1.30. The van der Waals surface area contributed by atoms with Gasteiger partial charge in [-0.15, -0.1) is 0 Å². The van der Waals surface area contributed by atoms with Crippen molar-refractivity contribution in [2.24, 2.45) is 5.92 Å². The third-order valence-corrected chi connectivity index (χ3v) is 6.72. The number of hydrogen-bond acceptors (Lipinski definition) is 3. The first-order valence-electron chi connectivity index (χ1n) is 11.1. The van der Waals surface area contributed by atoms with Gasteiger partial charge in [0.25, 0.3) is 5.91 Å². The standard InChI is InChI=1S/C26H27FN2O2/c27-22-9-3-7-19(16-22)26(30)29-14-12-24-21(18-29)8-4-13-28(24)17-20-6-1-2-10-23(20)25-11-5-15-31-25/h1-3,5-7,9-11,15-16,21,24H,4,8,12-14,17-18H2/t21-,24+/m1/s1. The van der Waals surface area contributed by atoms with Crippen molar-refractivity contribution >= 4 is 5.91 Å². The fraction of sp³-hybridized carbons (Fsp3) is 0.346. The van der Waals surface area contributed by atoms with E-state index in [-0.39, 0.29) is 11.7 Å². The summed E-state index contributed by atoms with van der Waals surface area (Å²) in [7, 11) is 0.